The van der Waals surface area contributed by atoms with E-state index in [1.807, 2.05) is 30.3 Å². The second-order valence-corrected chi connectivity index (χ2v) is 8.43. The highest BCUT2D eigenvalue weighted by atomic mass is 16.6. The number of benzene rings is 1. The first-order chi connectivity index (χ1) is 15.1. The SMILES string of the molecule is COC(=O)[C@H]1C[C@@H](NC(=O)OCc2ccccc2)[C@H](CN=[N+]=[N-])[C@@H]1NC(=O)OC(C)(C)C. The van der Waals surface area contributed by atoms with Crippen molar-refractivity contribution in [3.8, 4) is 0 Å². The van der Waals surface area contributed by atoms with Gasteiger partial charge >= 0.3 is 18.2 Å². The fourth-order valence-corrected chi connectivity index (χ4v) is 3.64. The van der Waals surface area contributed by atoms with Crippen molar-refractivity contribution >= 4 is 18.2 Å². The molecular formula is C21H29N5O6. The average molecular weight is 447 g/mol. The number of esters is 1. The van der Waals surface area contributed by atoms with Crippen LogP contribution in [0.4, 0.5) is 9.59 Å². The molecular weight excluding hydrogens is 418 g/mol. The lowest BCUT2D eigenvalue weighted by Crippen LogP contribution is -2.49. The predicted molar refractivity (Wildman–Crippen MR) is 114 cm³/mol. The number of alkyl carbamates (subject to hydrolysis) is 2. The van der Waals surface area contributed by atoms with Crippen LogP contribution in [-0.2, 0) is 25.6 Å². The van der Waals surface area contributed by atoms with Gasteiger partial charge in [0.25, 0.3) is 0 Å². The molecule has 2 amide bonds. The van der Waals surface area contributed by atoms with Crippen molar-refractivity contribution in [2.75, 3.05) is 13.7 Å². The number of methoxy groups -OCH3 is 1. The number of hydrogen-bond acceptors (Lipinski definition) is 7. The van der Waals surface area contributed by atoms with Crippen molar-refractivity contribution < 1.29 is 28.6 Å². The van der Waals surface area contributed by atoms with Gasteiger partial charge in [0.15, 0.2) is 0 Å². The molecule has 0 saturated heterocycles. The van der Waals surface area contributed by atoms with Crippen LogP contribution in [0.25, 0.3) is 10.4 Å². The molecule has 0 heterocycles. The van der Waals surface area contributed by atoms with E-state index in [-0.39, 0.29) is 19.6 Å². The molecule has 1 fully saturated rings. The first-order valence-electron chi connectivity index (χ1n) is 10.2. The highest BCUT2D eigenvalue weighted by Crippen LogP contribution is 2.34. The summed E-state index contributed by atoms with van der Waals surface area (Å²) < 4.78 is 15.4. The van der Waals surface area contributed by atoms with Gasteiger partial charge in [-0.1, -0.05) is 35.4 Å². The molecule has 0 bridgehead atoms. The van der Waals surface area contributed by atoms with Crippen LogP contribution in [0.1, 0.15) is 32.8 Å². The van der Waals surface area contributed by atoms with E-state index in [1.165, 1.54) is 7.11 Å². The quantitative estimate of drug-likeness (QED) is 0.215. The van der Waals surface area contributed by atoms with Gasteiger partial charge < -0.3 is 24.8 Å². The second-order valence-electron chi connectivity index (χ2n) is 8.43. The highest BCUT2D eigenvalue weighted by molar-refractivity contribution is 5.76. The van der Waals surface area contributed by atoms with Crippen molar-refractivity contribution in [2.24, 2.45) is 17.0 Å². The number of carbonyl (C=O) groups is 3. The largest absolute Gasteiger partial charge is 0.469 e. The first-order valence-corrected chi connectivity index (χ1v) is 10.2. The number of amides is 2. The van der Waals surface area contributed by atoms with Crippen LogP contribution in [0, 0.1) is 11.8 Å². The molecule has 1 aromatic carbocycles. The molecule has 4 atom stereocenters. The van der Waals surface area contributed by atoms with Crippen molar-refractivity contribution in [3.63, 3.8) is 0 Å². The van der Waals surface area contributed by atoms with E-state index in [1.54, 1.807) is 20.8 Å². The molecule has 1 aliphatic rings. The van der Waals surface area contributed by atoms with Gasteiger partial charge in [0.05, 0.1) is 19.1 Å². The average Bonchev–Trinajstić information content (AvgIpc) is 3.06. The fourth-order valence-electron chi connectivity index (χ4n) is 3.64. The van der Waals surface area contributed by atoms with Crippen molar-refractivity contribution in [2.45, 2.75) is 51.5 Å². The molecule has 11 heteroatoms. The van der Waals surface area contributed by atoms with E-state index in [0.717, 1.165) is 5.56 Å². The smallest absolute Gasteiger partial charge is 0.407 e. The van der Waals surface area contributed by atoms with Crippen LogP contribution in [-0.4, -0.2) is 49.5 Å². The summed E-state index contributed by atoms with van der Waals surface area (Å²) in [6.45, 7) is 5.14. The van der Waals surface area contributed by atoms with Gasteiger partial charge in [0, 0.05) is 23.4 Å². The summed E-state index contributed by atoms with van der Waals surface area (Å²) in [6.07, 6.45) is -1.25. The molecule has 2 N–H and O–H groups in total. The van der Waals surface area contributed by atoms with Gasteiger partial charge in [-0.25, -0.2) is 9.59 Å². The Bertz CT molecular complexity index is 850. The van der Waals surface area contributed by atoms with Crippen LogP contribution in [0.15, 0.2) is 35.4 Å². The van der Waals surface area contributed by atoms with Crippen LogP contribution in [0.3, 0.4) is 0 Å². The number of rotatable bonds is 7. The molecule has 0 unspecified atom stereocenters. The summed E-state index contributed by atoms with van der Waals surface area (Å²) in [5.74, 6) is -1.91. The summed E-state index contributed by atoms with van der Waals surface area (Å²) in [6, 6.07) is 7.78. The Balaban J connectivity index is 2.15. The maximum Gasteiger partial charge on any atom is 0.407 e. The third-order valence-electron chi connectivity index (χ3n) is 4.98. The van der Waals surface area contributed by atoms with E-state index >= 15 is 0 Å². The standard InChI is InChI=1S/C21H29N5O6/c1-21(2,3)32-20(29)25-17-14(18(27)30-4)10-16(15(17)11-23-26-22)24-19(28)31-12-13-8-6-5-7-9-13/h5-9,14-17H,10-12H2,1-4H3,(H,24,28)(H,25,29)/t14-,15-,16+,17+/m0/s1. The van der Waals surface area contributed by atoms with Crippen LogP contribution in [0.2, 0.25) is 0 Å². The third-order valence-corrected chi connectivity index (χ3v) is 4.98. The Morgan fingerprint density at radius 2 is 1.84 bits per heavy atom. The summed E-state index contributed by atoms with van der Waals surface area (Å²) in [5, 5.41) is 9.01. The minimum Gasteiger partial charge on any atom is -0.469 e. The number of hydrogen-bond donors (Lipinski definition) is 2. The molecule has 32 heavy (non-hydrogen) atoms. The van der Waals surface area contributed by atoms with Crippen LogP contribution < -0.4 is 10.6 Å². The maximum atomic E-state index is 12.4. The predicted octanol–water partition coefficient (Wildman–Crippen LogP) is 3.29. The third kappa shape index (κ3) is 7.35. The highest BCUT2D eigenvalue weighted by Gasteiger charge is 2.48. The minimum atomic E-state index is -0.776. The van der Waals surface area contributed by atoms with E-state index in [4.69, 9.17) is 19.7 Å². The Morgan fingerprint density at radius 1 is 1.16 bits per heavy atom. The fraction of sp³-hybridized carbons (Fsp3) is 0.571. The summed E-state index contributed by atoms with van der Waals surface area (Å²) >= 11 is 0. The lowest BCUT2D eigenvalue weighted by Gasteiger charge is -2.28. The molecule has 2 rings (SSSR count). The zero-order valence-electron chi connectivity index (χ0n) is 18.6. The lowest BCUT2D eigenvalue weighted by atomic mass is 9.96. The van der Waals surface area contributed by atoms with Crippen LogP contribution in [0.5, 0.6) is 0 Å². The van der Waals surface area contributed by atoms with E-state index in [9.17, 15) is 14.4 Å². The summed E-state index contributed by atoms with van der Waals surface area (Å²) in [4.78, 5) is 39.9. The van der Waals surface area contributed by atoms with Gasteiger partial charge in [0.2, 0.25) is 0 Å². The second kappa shape index (κ2) is 11.2. The Morgan fingerprint density at radius 3 is 2.44 bits per heavy atom. The molecule has 0 radical (unpaired) electrons. The molecule has 0 spiro atoms. The van der Waals surface area contributed by atoms with E-state index in [2.05, 4.69) is 20.7 Å². The van der Waals surface area contributed by atoms with Gasteiger partial charge in [-0.15, -0.1) is 0 Å². The molecule has 174 valence electrons. The number of nitrogens with one attached hydrogen (secondary N) is 2. The monoisotopic (exact) mass is 447 g/mol. The molecule has 0 aliphatic heterocycles. The van der Waals surface area contributed by atoms with Gasteiger partial charge in [0.1, 0.15) is 12.2 Å². The number of nitrogens with zero attached hydrogens (tertiary/aromatic N) is 3. The number of azide groups is 1. The normalized spacial score (nSPS) is 22.2. The Kier molecular flexibility index (Phi) is 8.71. The molecule has 0 aromatic heterocycles. The molecule has 11 nitrogen and oxygen atoms in total. The number of ether oxygens (including phenoxy) is 3. The van der Waals surface area contributed by atoms with E-state index < -0.39 is 47.7 Å². The maximum absolute atomic E-state index is 12.4. The topological polar surface area (TPSA) is 152 Å². The Labute approximate surface area is 186 Å². The van der Waals surface area contributed by atoms with Crippen molar-refractivity contribution in [3.05, 3.63) is 46.3 Å². The Hall–Kier alpha value is -3.46. The minimum absolute atomic E-state index is 0.0614. The van der Waals surface area contributed by atoms with Crippen LogP contribution >= 0.6 is 0 Å². The van der Waals surface area contributed by atoms with Gasteiger partial charge in [-0.2, -0.15) is 0 Å². The summed E-state index contributed by atoms with van der Waals surface area (Å²) in [7, 11) is 1.24. The van der Waals surface area contributed by atoms with Gasteiger partial charge in [-0.3, -0.25) is 4.79 Å². The van der Waals surface area contributed by atoms with E-state index in [0.29, 0.717) is 0 Å². The molecule has 1 saturated carbocycles. The van der Waals surface area contributed by atoms with Crippen molar-refractivity contribution in [1.29, 1.82) is 0 Å². The molecule has 1 aromatic rings. The first kappa shape index (κ1) is 24.8. The summed E-state index contributed by atoms with van der Waals surface area (Å²) in [5.41, 5.74) is 8.86. The molecule has 1 aliphatic carbocycles. The lowest BCUT2D eigenvalue weighted by molar-refractivity contribution is -0.146. The van der Waals surface area contributed by atoms with Gasteiger partial charge in [-0.05, 0) is 38.3 Å². The zero-order chi connectivity index (χ0) is 23.7. The van der Waals surface area contributed by atoms with Crippen molar-refractivity contribution in [1.82, 2.24) is 10.6 Å². The zero-order valence-corrected chi connectivity index (χ0v) is 18.6. The number of carbonyl (C=O) groups excluding carboxylic acids is 3.